The van der Waals surface area contributed by atoms with Gasteiger partial charge in [0.2, 0.25) is 5.91 Å². The predicted molar refractivity (Wildman–Crippen MR) is 75.1 cm³/mol. The third kappa shape index (κ3) is 3.54. The summed E-state index contributed by atoms with van der Waals surface area (Å²) in [6, 6.07) is 2.53. The lowest BCUT2D eigenvalue weighted by atomic mass is 10.2. The van der Waals surface area contributed by atoms with Crippen molar-refractivity contribution in [3.63, 3.8) is 0 Å². The zero-order valence-electron chi connectivity index (χ0n) is 11.9. The van der Waals surface area contributed by atoms with Crippen LogP contribution in [-0.2, 0) is 4.79 Å². The number of hydrogen-bond acceptors (Lipinski definition) is 4. The smallest absolute Gasteiger partial charge is 0.239 e. The van der Waals surface area contributed by atoms with E-state index >= 15 is 0 Å². The Hall–Kier alpha value is -1.40. The Morgan fingerprint density at radius 2 is 2.47 bits per heavy atom. The van der Waals surface area contributed by atoms with Gasteiger partial charge < -0.3 is 10.6 Å². The Kier molecular flexibility index (Phi) is 4.55. The quantitative estimate of drug-likeness (QED) is 0.822. The van der Waals surface area contributed by atoms with Crippen LogP contribution >= 0.6 is 0 Å². The molecule has 0 saturated carbocycles. The predicted octanol–water partition coefficient (Wildman–Crippen LogP) is 0.696. The summed E-state index contributed by atoms with van der Waals surface area (Å²) >= 11 is 0. The number of hydrogen-bond donors (Lipinski definition) is 2. The van der Waals surface area contributed by atoms with E-state index in [0.29, 0.717) is 12.6 Å². The highest BCUT2D eigenvalue weighted by atomic mass is 16.2. The largest absolute Gasteiger partial charge is 0.315 e. The molecule has 1 aliphatic heterocycles. The monoisotopic (exact) mass is 265 g/mol. The molecule has 1 aromatic rings. The van der Waals surface area contributed by atoms with Crippen molar-refractivity contribution < 1.29 is 4.79 Å². The van der Waals surface area contributed by atoms with Crippen LogP contribution in [0.2, 0.25) is 0 Å². The summed E-state index contributed by atoms with van der Waals surface area (Å²) in [5.41, 5.74) is 0. The second-order valence-electron chi connectivity index (χ2n) is 5.36. The third-order valence-corrected chi connectivity index (χ3v) is 3.48. The number of rotatable bonds is 5. The molecule has 19 heavy (non-hydrogen) atoms. The van der Waals surface area contributed by atoms with E-state index in [1.807, 2.05) is 31.6 Å². The standard InChI is InChI=1S/C13H23N5O/c1-10(2)18-12(5-7-15-18)16-13(19)9-17(3)11-4-6-14-8-11/h5,7,10-11,14H,4,6,8-9H2,1-3H3,(H,16,19). The fraction of sp³-hybridized carbons (Fsp3) is 0.692. The number of aromatic nitrogens is 2. The van der Waals surface area contributed by atoms with Gasteiger partial charge in [0.1, 0.15) is 5.82 Å². The zero-order chi connectivity index (χ0) is 13.8. The fourth-order valence-corrected chi connectivity index (χ4v) is 2.38. The van der Waals surface area contributed by atoms with Gasteiger partial charge in [-0.2, -0.15) is 5.10 Å². The summed E-state index contributed by atoms with van der Waals surface area (Å²) in [6.07, 6.45) is 2.81. The van der Waals surface area contributed by atoms with Crippen LogP contribution in [0.4, 0.5) is 5.82 Å². The fourth-order valence-electron chi connectivity index (χ4n) is 2.38. The molecule has 0 radical (unpaired) electrons. The van der Waals surface area contributed by atoms with Gasteiger partial charge in [0.05, 0.1) is 12.7 Å². The second kappa shape index (κ2) is 6.16. The Morgan fingerprint density at radius 3 is 3.11 bits per heavy atom. The van der Waals surface area contributed by atoms with Crippen LogP contribution in [0.15, 0.2) is 12.3 Å². The molecule has 1 aromatic heterocycles. The highest BCUT2D eigenvalue weighted by Gasteiger charge is 2.21. The average Bonchev–Trinajstić information content (AvgIpc) is 2.98. The van der Waals surface area contributed by atoms with E-state index in [-0.39, 0.29) is 11.9 Å². The maximum absolute atomic E-state index is 12.0. The maximum atomic E-state index is 12.0. The minimum atomic E-state index is 0.0109. The molecule has 2 rings (SSSR count). The molecule has 6 heteroatoms. The molecule has 1 fully saturated rings. The maximum Gasteiger partial charge on any atom is 0.239 e. The van der Waals surface area contributed by atoms with E-state index in [4.69, 9.17) is 0 Å². The first kappa shape index (κ1) is 14.0. The number of nitrogens with zero attached hydrogens (tertiary/aromatic N) is 3. The normalized spacial score (nSPS) is 19.3. The van der Waals surface area contributed by atoms with Crippen LogP contribution < -0.4 is 10.6 Å². The van der Waals surface area contributed by atoms with Crippen LogP contribution in [-0.4, -0.2) is 53.3 Å². The highest BCUT2D eigenvalue weighted by molar-refractivity contribution is 5.91. The molecule has 2 N–H and O–H groups in total. The topological polar surface area (TPSA) is 62.2 Å². The summed E-state index contributed by atoms with van der Waals surface area (Å²) in [6.45, 7) is 6.50. The van der Waals surface area contributed by atoms with Crippen LogP contribution in [0.5, 0.6) is 0 Å². The summed E-state index contributed by atoms with van der Waals surface area (Å²) in [4.78, 5) is 14.1. The van der Waals surface area contributed by atoms with E-state index in [1.165, 1.54) is 0 Å². The Bertz CT molecular complexity index is 422. The van der Waals surface area contributed by atoms with E-state index in [1.54, 1.807) is 6.20 Å². The third-order valence-electron chi connectivity index (χ3n) is 3.48. The first-order valence-corrected chi connectivity index (χ1v) is 6.82. The van der Waals surface area contributed by atoms with Crippen molar-refractivity contribution in [3.8, 4) is 0 Å². The van der Waals surface area contributed by atoms with Gasteiger partial charge in [-0.15, -0.1) is 0 Å². The second-order valence-corrected chi connectivity index (χ2v) is 5.36. The zero-order valence-corrected chi connectivity index (χ0v) is 11.9. The molecule has 1 unspecified atom stereocenters. The number of likely N-dealkylation sites (N-methyl/N-ethyl adjacent to an activating group) is 1. The molecule has 1 aliphatic rings. The molecule has 1 atom stereocenters. The van der Waals surface area contributed by atoms with Crippen molar-refractivity contribution in [2.75, 3.05) is 32.0 Å². The summed E-state index contributed by atoms with van der Waals surface area (Å²) in [5, 5.41) is 10.4. The van der Waals surface area contributed by atoms with E-state index < -0.39 is 0 Å². The van der Waals surface area contributed by atoms with Crippen LogP contribution in [0, 0.1) is 0 Å². The molecule has 1 amide bonds. The van der Waals surface area contributed by atoms with Gasteiger partial charge in [-0.1, -0.05) is 0 Å². The van der Waals surface area contributed by atoms with Gasteiger partial charge in [-0.3, -0.25) is 9.69 Å². The van der Waals surface area contributed by atoms with Gasteiger partial charge in [-0.25, -0.2) is 4.68 Å². The molecular weight excluding hydrogens is 242 g/mol. The number of anilines is 1. The summed E-state index contributed by atoms with van der Waals surface area (Å²) in [7, 11) is 2.00. The molecule has 6 nitrogen and oxygen atoms in total. The number of nitrogens with one attached hydrogen (secondary N) is 2. The van der Waals surface area contributed by atoms with Crippen molar-refractivity contribution >= 4 is 11.7 Å². The van der Waals surface area contributed by atoms with E-state index in [2.05, 4.69) is 20.6 Å². The summed E-state index contributed by atoms with van der Waals surface area (Å²) < 4.78 is 1.81. The van der Waals surface area contributed by atoms with Crippen molar-refractivity contribution in [3.05, 3.63) is 12.3 Å². The Labute approximate surface area is 114 Å². The molecule has 2 heterocycles. The van der Waals surface area contributed by atoms with Crippen LogP contribution in [0.25, 0.3) is 0 Å². The molecule has 0 aliphatic carbocycles. The van der Waals surface area contributed by atoms with E-state index in [9.17, 15) is 4.79 Å². The van der Waals surface area contributed by atoms with Crippen molar-refractivity contribution in [2.24, 2.45) is 0 Å². The lowest BCUT2D eigenvalue weighted by molar-refractivity contribution is -0.117. The molecule has 0 spiro atoms. The molecule has 1 saturated heterocycles. The highest BCUT2D eigenvalue weighted by Crippen LogP contribution is 2.13. The molecule has 0 bridgehead atoms. The van der Waals surface area contributed by atoms with Gasteiger partial charge in [-0.05, 0) is 33.9 Å². The van der Waals surface area contributed by atoms with Gasteiger partial charge in [0, 0.05) is 24.7 Å². The lowest BCUT2D eigenvalue weighted by Crippen LogP contribution is -2.39. The van der Waals surface area contributed by atoms with Crippen molar-refractivity contribution in [2.45, 2.75) is 32.4 Å². The average molecular weight is 265 g/mol. The van der Waals surface area contributed by atoms with Crippen LogP contribution in [0.1, 0.15) is 26.3 Å². The Balaban J connectivity index is 1.88. The first-order chi connectivity index (χ1) is 9.08. The molecule has 0 aromatic carbocycles. The van der Waals surface area contributed by atoms with Gasteiger partial charge in [0.15, 0.2) is 0 Å². The SMILES string of the molecule is CC(C)n1nccc1NC(=O)CN(C)C1CCNC1. The number of carbonyl (C=O) groups is 1. The van der Waals surface area contributed by atoms with Gasteiger partial charge in [0.25, 0.3) is 0 Å². The minimum Gasteiger partial charge on any atom is -0.315 e. The number of carbonyl (C=O) groups excluding carboxylic acids is 1. The van der Waals surface area contributed by atoms with E-state index in [0.717, 1.165) is 25.3 Å². The first-order valence-electron chi connectivity index (χ1n) is 6.82. The Morgan fingerprint density at radius 1 is 1.68 bits per heavy atom. The lowest BCUT2D eigenvalue weighted by Gasteiger charge is -2.22. The van der Waals surface area contributed by atoms with Crippen molar-refractivity contribution in [1.29, 1.82) is 0 Å². The minimum absolute atomic E-state index is 0.0109. The van der Waals surface area contributed by atoms with Gasteiger partial charge >= 0.3 is 0 Å². The van der Waals surface area contributed by atoms with Crippen molar-refractivity contribution in [1.82, 2.24) is 20.0 Å². The molecule has 106 valence electrons. The van der Waals surface area contributed by atoms with Crippen LogP contribution in [0.3, 0.4) is 0 Å². The molecular formula is C13H23N5O. The summed E-state index contributed by atoms with van der Waals surface area (Å²) in [5.74, 6) is 0.773. The number of amides is 1.